The zero-order chi connectivity index (χ0) is 19.1. The van der Waals surface area contributed by atoms with Gasteiger partial charge in [-0.05, 0) is 17.7 Å². The summed E-state index contributed by atoms with van der Waals surface area (Å²) in [5, 5.41) is 8.92. The van der Waals surface area contributed by atoms with Crippen LogP contribution < -0.4 is 16.7 Å². The first kappa shape index (κ1) is 18.3. The smallest absolute Gasteiger partial charge is 0.271 e. The van der Waals surface area contributed by atoms with Gasteiger partial charge in [-0.2, -0.15) is 10.2 Å². The van der Waals surface area contributed by atoms with E-state index in [2.05, 4.69) is 30.7 Å². The maximum absolute atomic E-state index is 12.6. The molecule has 0 saturated heterocycles. The number of hydrazone groups is 1. The number of thioether (sulfide) groups is 1. The Morgan fingerprint density at radius 3 is 2.63 bits per heavy atom. The van der Waals surface area contributed by atoms with Crippen molar-refractivity contribution in [1.29, 1.82) is 0 Å². The number of H-pyrrole nitrogens is 2. The van der Waals surface area contributed by atoms with E-state index in [1.54, 1.807) is 48.7 Å². The number of benzene rings is 1. The molecule has 0 aliphatic carbocycles. The molecule has 1 atom stereocenters. The van der Waals surface area contributed by atoms with Crippen molar-refractivity contribution in [3.8, 4) is 0 Å². The van der Waals surface area contributed by atoms with Gasteiger partial charge < -0.3 is 0 Å². The second-order valence-electron chi connectivity index (χ2n) is 5.21. The Bertz CT molecular complexity index is 1050. The molecule has 27 heavy (non-hydrogen) atoms. The Morgan fingerprint density at radius 2 is 1.93 bits per heavy atom. The van der Waals surface area contributed by atoms with Gasteiger partial charge >= 0.3 is 5.69 Å². The van der Waals surface area contributed by atoms with E-state index in [0.29, 0.717) is 11.3 Å². The topological polar surface area (TPSA) is 133 Å². The third kappa shape index (κ3) is 4.98. The van der Waals surface area contributed by atoms with Crippen molar-refractivity contribution in [2.24, 2.45) is 5.10 Å². The van der Waals surface area contributed by atoms with Crippen LogP contribution in [0, 0.1) is 0 Å². The molecule has 0 saturated carbocycles. The van der Waals surface area contributed by atoms with E-state index in [1.165, 1.54) is 6.21 Å². The lowest BCUT2D eigenvalue weighted by molar-refractivity contribution is -0.120. The van der Waals surface area contributed by atoms with E-state index < -0.39 is 22.4 Å². The Hall–Kier alpha value is -3.53. The molecule has 0 fully saturated rings. The van der Waals surface area contributed by atoms with Crippen molar-refractivity contribution in [2.45, 2.75) is 10.3 Å². The van der Waals surface area contributed by atoms with Gasteiger partial charge in [0.1, 0.15) is 5.25 Å². The Morgan fingerprint density at radius 1 is 1.15 bits per heavy atom. The largest absolute Gasteiger partial charge is 0.342 e. The van der Waals surface area contributed by atoms with Crippen LogP contribution in [0.15, 0.2) is 74.4 Å². The summed E-state index contributed by atoms with van der Waals surface area (Å²) in [5.74, 6) is -0.453. The quantitative estimate of drug-likeness (QED) is 0.329. The number of hydrogen-bond donors (Lipinski definition) is 3. The number of carbonyl (C=O) groups is 1. The molecule has 2 heterocycles. The standard InChI is InChI=1S/C17H14N6O3S/c24-14(21-19-10-12-8-4-5-9-18-12)13(11-6-2-1-3-7-11)27-16-15(25)20-17(26)23-22-16/h1-10,13H,(H,21,24)(H2,20,23,25,26)/b19-10-. The molecule has 0 aliphatic heterocycles. The van der Waals surface area contributed by atoms with Crippen molar-refractivity contribution < 1.29 is 4.79 Å². The molecule has 136 valence electrons. The molecular formula is C17H14N6O3S. The zero-order valence-electron chi connectivity index (χ0n) is 13.8. The highest BCUT2D eigenvalue weighted by Gasteiger charge is 2.24. The predicted molar refractivity (Wildman–Crippen MR) is 100 cm³/mol. The molecule has 1 amide bonds. The number of amides is 1. The molecule has 0 bridgehead atoms. The number of nitrogens with one attached hydrogen (secondary N) is 3. The van der Waals surface area contributed by atoms with Gasteiger partial charge in [-0.25, -0.2) is 15.3 Å². The van der Waals surface area contributed by atoms with E-state index in [4.69, 9.17) is 0 Å². The van der Waals surface area contributed by atoms with Gasteiger partial charge in [-0.15, -0.1) is 0 Å². The lowest BCUT2D eigenvalue weighted by Gasteiger charge is -2.14. The fourth-order valence-corrected chi connectivity index (χ4v) is 3.03. The minimum Gasteiger partial charge on any atom is -0.271 e. The summed E-state index contributed by atoms with van der Waals surface area (Å²) in [6.07, 6.45) is 3.02. The highest BCUT2D eigenvalue weighted by molar-refractivity contribution is 8.00. The molecule has 9 nitrogen and oxygen atoms in total. The van der Waals surface area contributed by atoms with Crippen LogP contribution in [-0.2, 0) is 4.79 Å². The average molecular weight is 382 g/mol. The highest BCUT2D eigenvalue weighted by Crippen LogP contribution is 2.32. The maximum atomic E-state index is 12.6. The molecule has 0 spiro atoms. The van der Waals surface area contributed by atoms with E-state index >= 15 is 0 Å². The minimum atomic E-state index is -0.799. The lowest BCUT2D eigenvalue weighted by atomic mass is 10.1. The number of aromatic amines is 2. The summed E-state index contributed by atoms with van der Waals surface area (Å²) < 4.78 is 0. The maximum Gasteiger partial charge on any atom is 0.342 e. The molecule has 1 aromatic carbocycles. The van der Waals surface area contributed by atoms with Crippen LogP contribution in [0.2, 0.25) is 0 Å². The second-order valence-corrected chi connectivity index (χ2v) is 6.30. The number of nitrogens with zero attached hydrogens (tertiary/aromatic N) is 3. The summed E-state index contributed by atoms with van der Waals surface area (Å²) in [4.78, 5) is 41.8. The van der Waals surface area contributed by atoms with Crippen LogP contribution in [0.25, 0.3) is 0 Å². The first-order valence-electron chi connectivity index (χ1n) is 7.78. The van der Waals surface area contributed by atoms with Gasteiger partial charge in [0.05, 0.1) is 11.9 Å². The van der Waals surface area contributed by atoms with Crippen LogP contribution in [0.4, 0.5) is 0 Å². The van der Waals surface area contributed by atoms with Crippen molar-refractivity contribution >= 4 is 23.9 Å². The van der Waals surface area contributed by atoms with E-state index in [0.717, 1.165) is 11.8 Å². The average Bonchev–Trinajstić information content (AvgIpc) is 2.69. The Kier molecular flexibility index (Phi) is 5.90. The number of rotatable bonds is 6. The second kappa shape index (κ2) is 8.72. The summed E-state index contributed by atoms with van der Waals surface area (Å²) in [7, 11) is 0. The fourth-order valence-electron chi connectivity index (χ4n) is 2.10. The van der Waals surface area contributed by atoms with Gasteiger partial charge in [0, 0.05) is 6.20 Å². The van der Waals surface area contributed by atoms with Crippen molar-refractivity contribution in [1.82, 2.24) is 25.6 Å². The monoisotopic (exact) mass is 382 g/mol. The molecule has 10 heteroatoms. The first-order valence-corrected chi connectivity index (χ1v) is 8.66. The first-order chi connectivity index (χ1) is 13.1. The normalized spacial score (nSPS) is 12.0. The van der Waals surface area contributed by atoms with Gasteiger partial charge in [-0.1, -0.05) is 48.2 Å². The van der Waals surface area contributed by atoms with Gasteiger partial charge in [-0.3, -0.25) is 19.6 Å². The van der Waals surface area contributed by atoms with Gasteiger partial charge in [0.15, 0.2) is 5.03 Å². The van der Waals surface area contributed by atoms with Crippen LogP contribution in [0.5, 0.6) is 0 Å². The lowest BCUT2D eigenvalue weighted by Crippen LogP contribution is -2.28. The molecule has 2 aromatic heterocycles. The van der Waals surface area contributed by atoms with Crippen molar-refractivity contribution in [3.63, 3.8) is 0 Å². The summed E-state index contributed by atoms with van der Waals surface area (Å²) in [6.45, 7) is 0. The highest BCUT2D eigenvalue weighted by atomic mass is 32.2. The predicted octanol–water partition coefficient (Wildman–Crippen LogP) is 0.837. The van der Waals surface area contributed by atoms with Crippen LogP contribution in [0.1, 0.15) is 16.5 Å². The molecule has 3 rings (SSSR count). The third-order valence-electron chi connectivity index (χ3n) is 3.31. The third-order valence-corrected chi connectivity index (χ3v) is 4.53. The Balaban J connectivity index is 1.81. The van der Waals surface area contributed by atoms with Crippen LogP contribution >= 0.6 is 11.8 Å². The number of pyridine rings is 1. The molecule has 3 aromatic rings. The molecule has 3 N–H and O–H groups in total. The SMILES string of the molecule is O=C(N/N=C\c1ccccn1)C(Sc1n[nH]c(=O)[nH]c1=O)c1ccccc1. The number of carbonyl (C=O) groups excluding carboxylic acids is 1. The fraction of sp³-hybridized carbons (Fsp3) is 0.0588. The molecule has 1 unspecified atom stereocenters. The minimum absolute atomic E-state index is 0.0349. The number of aromatic nitrogens is 4. The van der Waals surface area contributed by atoms with Crippen molar-refractivity contribution in [3.05, 3.63) is 86.8 Å². The van der Waals surface area contributed by atoms with E-state index in [-0.39, 0.29) is 5.03 Å². The summed E-state index contributed by atoms with van der Waals surface area (Å²) in [6, 6.07) is 14.2. The molecular weight excluding hydrogens is 368 g/mol. The van der Waals surface area contributed by atoms with E-state index in [1.807, 2.05) is 6.07 Å². The number of hydrogen-bond acceptors (Lipinski definition) is 7. The van der Waals surface area contributed by atoms with E-state index in [9.17, 15) is 14.4 Å². The Labute approximate surface area is 157 Å². The zero-order valence-corrected chi connectivity index (χ0v) is 14.6. The van der Waals surface area contributed by atoms with Crippen molar-refractivity contribution in [2.75, 3.05) is 0 Å². The summed E-state index contributed by atoms with van der Waals surface area (Å²) >= 11 is 0.905. The van der Waals surface area contributed by atoms with Crippen LogP contribution in [-0.4, -0.2) is 32.3 Å². The molecule has 0 radical (unpaired) electrons. The summed E-state index contributed by atoms with van der Waals surface area (Å²) in [5.41, 5.74) is 2.29. The van der Waals surface area contributed by atoms with Crippen LogP contribution in [0.3, 0.4) is 0 Å². The van der Waals surface area contributed by atoms with Gasteiger partial charge in [0.25, 0.3) is 11.5 Å². The van der Waals surface area contributed by atoms with Gasteiger partial charge in [0.2, 0.25) is 0 Å². The molecule has 0 aliphatic rings.